The fourth-order valence-electron chi connectivity index (χ4n) is 4.29. The minimum Gasteiger partial charge on any atom is -0.491 e. The highest BCUT2D eigenvalue weighted by Crippen LogP contribution is 2.25. The lowest BCUT2D eigenvalue weighted by Gasteiger charge is -2.23. The number of benzene rings is 2. The minimum absolute atomic E-state index is 0.245. The lowest BCUT2D eigenvalue weighted by molar-refractivity contribution is 0.0505. The fraction of sp³-hybridized carbons (Fsp3) is 0.444. The molecule has 8 nitrogen and oxygen atoms in total. The van der Waals surface area contributed by atoms with E-state index in [4.69, 9.17) is 14.5 Å². The van der Waals surface area contributed by atoms with Crippen LogP contribution in [0.3, 0.4) is 0 Å². The molecule has 1 aliphatic rings. The van der Waals surface area contributed by atoms with Gasteiger partial charge >= 0.3 is 6.09 Å². The summed E-state index contributed by atoms with van der Waals surface area (Å²) in [6.07, 6.45) is 1.87. The first-order valence-electron chi connectivity index (χ1n) is 12.2. The summed E-state index contributed by atoms with van der Waals surface area (Å²) >= 11 is 0. The summed E-state index contributed by atoms with van der Waals surface area (Å²) in [6, 6.07) is 14.2. The van der Waals surface area contributed by atoms with Gasteiger partial charge in [-0.1, -0.05) is 24.3 Å². The Hall–Kier alpha value is -3.39. The number of amides is 1. The largest absolute Gasteiger partial charge is 0.491 e. The molecule has 186 valence electrons. The van der Waals surface area contributed by atoms with E-state index in [0.717, 1.165) is 19.6 Å². The number of alkyl carbamates (subject to hydrolysis) is 1. The molecule has 2 aromatic carbocycles. The Kier molecular flexibility index (Phi) is 7.40. The van der Waals surface area contributed by atoms with Gasteiger partial charge in [-0.05, 0) is 77.9 Å². The van der Waals surface area contributed by atoms with Crippen LogP contribution in [0.5, 0.6) is 5.75 Å². The van der Waals surface area contributed by atoms with Crippen LogP contribution in [0.2, 0.25) is 0 Å². The van der Waals surface area contributed by atoms with E-state index in [1.807, 2.05) is 42.5 Å². The van der Waals surface area contributed by atoms with Crippen molar-refractivity contribution >= 4 is 17.0 Å². The van der Waals surface area contributed by atoms with Crippen molar-refractivity contribution in [3.8, 4) is 11.4 Å². The van der Waals surface area contributed by atoms with Crippen LogP contribution in [0.25, 0.3) is 16.6 Å². The van der Waals surface area contributed by atoms with E-state index in [2.05, 4.69) is 10.2 Å². The van der Waals surface area contributed by atoms with Gasteiger partial charge in [-0.3, -0.25) is 14.3 Å². The fourth-order valence-corrected chi connectivity index (χ4v) is 4.29. The molecule has 1 fully saturated rings. The Morgan fingerprint density at radius 3 is 2.49 bits per heavy atom. The second-order valence-electron chi connectivity index (χ2n) is 9.86. The number of carbonyl (C=O) groups is 1. The third-order valence-corrected chi connectivity index (χ3v) is 5.88. The second kappa shape index (κ2) is 10.5. The summed E-state index contributed by atoms with van der Waals surface area (Å²) in [5.41, 5.74) is 0.298. The first-order valence-corrected chi connectivity index (χ1v) is 12.2. The standard InChI is InChI=1S/C27H34N4O4/c1-19(28-26(33)35-27(2,3)4)24-29-21-13-10-14-22(34-18-17-30-15-8-9-16-30)23(21)25(32)31(24)20-11-6-5-7-12-20/h5-7,10-14,19H,8-9,15-18H2,1-4H3,(H,28,33)/t19-/m0/s1. The van der Waals surface area contributed by atoms with Crippen molar-refractivity contribution in [2.24, 2.45) is 0 Å². The van der Waals surface area contributed by atoms with Crippen molar-refractivity contribution in [3.63, 3.8) is 0 Å². The molecule has 4 rings (SSSR count). The van der Waals surface area contributed by atoms with Gasteiger partial charge in [-0.25, -0.2) is 9.78 Å². The van der Waals surface area contributed by atoms with Gasteiger partial charge in [0.1, 0.15) is 29.2 Å². The minimum atomic E-state index is -0.638. The van der Waals surface area contributed by atoms with Crippen LogP contribution in [0.4, 0.5) is 4.79 Å². The maximum Gasteiger partial charge on any atom is 0.408 e. The maximum absolute atomic E-state index is 13.9. The number of para-hydroxylation sites is 1. The Morgan fingerprint density at radius 1 is 1.09 bits per heavy atom. The smallest absolute Gasteiger partial charge is 0.408 e. The monoisotopic (exact) mass is 478 g/mol. The highest BCUT2D eigenvalue weighted by Gasteiger charge is 2.24. The number of rotatable bonds is 7. The van der Waals surface area contributed by atoms with E-state index < -0.39 is 17.7 Å². The average Bonchev–Trinajstić information content (AvgIpc) is 3.31. The third kappa shape index (κ3) is 6.00. The van der Waals surface area contributed by atoms with E-state index in [0.29, 0.717) is 34.8 Å². The number of ether oxygens (including phenoxy) is 2. The van der Waals surface area contributed by atoms with Gasteiger partial charge in [0.25, 0.3) is 5.56 Å². The quantitative estimate of drug-likeness (QED) is 0.540. The molecule has 1 aromatic heterocycles. The molecule has 0 aliphatic carbocycles. The molecule has 2 heterocycles. The summed E-state index contributed by atoms with van der Waals surface area (Å²) in [7, 11) is 0. The normalized spacial score (nSPS) is 15.2. The SMILES string of the molecule is C[C@H](NC(=O)OC(C)(C)C)c1nc2cccc(OCCN3CCCC3)c2c(=O)n1-c1ccccc1. The highest BCUT2D eigenvalue weighted by atomic mass is 16.6. The third-order valence-electron chi connectivity index (χ3n) is 5.88. The summed E-state index contributed by atoms with van der Waals surface area (Å²) in [5, 5.41) is 3.24. The number of aromatic nitrogens is 2. The van der Waals surface area contributed by atoms with Crippen molar-refractivity contribution in [1.82, 2.24) is 19.8 Å². The topological polar surface area (TPSA) is 85.7 Å². The van der Waals surface area contributed by atoms with E-state index in [9.17, 15) is 9.59 Å². The summed E-state index contributed by atoms with van der Waals surface area (Å²) in [6.45, 7) is 10.7. The predicted molar refractivity (Wildman–Crippen MR) is 136 cm³/mol. The molecule has 0 saturated carbocycles. The predicted octanol–water partition coefficient (Wildman–Crippen LogP) is 4.45. The van der Waals surface area contributed by atoms with Crippen molar-refractivity contribution in [2.75, 3.05) is 26.2 Å². The second-order valence-corrected chi connectivity index (χ2v) is 9.86. The Balaban J connectivity index is 1.72. The van der Waals surface area contributed by atoms with E-state index in [1.54, 1.807) is 33.8 Å². The molecule has 1 atom stereocenters. The highest BCUT2D eigenvalue weighted by molar-refractivity contribution is 5.84. The summed E-state index contributed by atoms with van der Waals surface area (Å²) in [4.78, 5) is 33.5. The molecular weight excluding hydrogens is 444 g/mol. The number of nitrogens with zero attached hydrogens (tertiary/aromatic N) is 3. The number of carbonyl (C=O) groups excluding carboxylic acids is 1. The van der Waals surface area contributed by atoms with Gasteiger partial charge in [0.15, 0.2) is 0 Å². The molecule has 8 heteroatoms. The van der Waals surface area contributed by atoms with Crippen LogP contribution in [0.15, 0.2) is 53.3 Å². The maximum atomic E-state index is 13.9. The van der Waals surface area contributed by atoms with E-state index in [-0.39, 0.29) is 5.56 Å². The Morgan fingerprint density at radius 2 is 1.80 bits per heavy atom. The van der Waals surface area contributed by atoms with Gasteiger partial charge in [0.05, 0.1) is 17.2 Å². The van der Waals surface area contributed by atoms with Crippen molar-refractivity contribution in [3.05, 3.63) is 64.7 Å². The number of hydrogen-bond acceptors (Lipinski definition) is 6. The van der Waals surface area contributed by atoms with Gasteiger partial charge in [0, 0.05) is 6.54 Å². The van der Waals surface area contributed by atoms with Crippen molar-refractivity contribution < 1.29 is 14.3 Å². The number of hydrogen-bond donors (Lipinski definition) is 1. The van der Waals surface area contributed by atoms with Crippen molar-refractivity contribution in [1.29, 1.82) is 0 Å². The van der Waals surface area contributed by atoms with E-state index >= 15 is 0 Å². The molecule has 0 unspecified atom stereocenters. The lowest BCUT2D eigenvalue weighted by Crippen LogP contribution is -2.37. The zero-order valence-corrected chi connectivity index (χ0v) is 20.9. The average molecular weight is 479 g/mol. The van der Waals surface area contributed by atoms with Crippen LogP contribution in [-0.4, -0.2) is 52.4 Å². The van der Waals surface area contributed by atoms with Crippen LogP contribution in [0, 0.1) is 0 Å². The molecule has 1 saturated heterocycles. The zero-order valence-electron chi connectivity index (χ0n) is 20.9. The van der Waals surface area contributed by atoms with Crippen LogP contribution in [-0.2, 0) is 4.74 Å². The van der Waals surface area contributed by atoms with E-state index in [1.165, 1.54) is 17.4 Å². The summed E-state index contributed by atoms with van der Waals surface area (Å²) < 4.78 is 13.0. The lowest BCUT2D eigenvalue weighted by atomic mass is 10.2. The zero-order chi connectivity index (χ0) is 25.0. The van der Waals surface area contributed by atoms with Crippen LogP contribution < -0.4 is 15.6 Å². The molecule has 35 heavy (non-hydrogen) atoms. The molecule has 0 bridgehead atoms. The van der Waals surface area contributed by atoms with Gasteiger partial charge in [-0.15, -0.1) is 0 Å². The number of nitrogens with one attached hydrogen (secondary N) is 1. The number of fused-ring (bicyclic) bond motifs is 1. The first-order chi connectivity index (χ1) is 16.7. The molecule has 1 N–H and O–H groups in total. The molecule has 3 aromatic rings. The Bertz CT molecular complexity index is 1230. The van der Waals surface area contributed by atoms with Crippen molar-refractivity contribution in [2.45, 2.75) is 52.2 Å². The van der Waals surface area contributed by atoms with Gasteiger partial charge in [-0.2, -0.15) is 0 Å². The van der Waals surface area contributed by atoms with Crippen LogP contribution in [0.1, 0.15) is 52.4 Å². The Labute approximate surface area is 205 Å². The number of likely N-dealkylation sites (tertiary alicyclic amines) is 1. The van der Waals surface area contributed by atoms with Gasteiger partial charge < -0.3 is 14.8 Å². The first kappa shape index (κ1) is 24.7. The van der Waals surface area contributed by atoms with Crippen LogP contribution >= 0.6 is 0 Å². The molecule has 0 radical (unpaired) electrons. The van der Waals surface area contributed by atoms with Gasteiger partial charge in [0.2, 0.25) is 0 Å². The molecule has 0 spiro atoms. The molecule has 1 aliphatic heterocycles. The molecule has 1 amide bonds. The summed E-state index contributed by atoms with van der Waals surface area (Å²) in [5.74, 6) is 0.928. The molecular formula is C27H34N4O4.